The minimum atomic E-state index is -0.714. The molecule has 0 amide bonds. The van der Waals surface area contributed by atoms with Crippen LogP contribution in [0.1, 0.15) is 23.6 Å². The second kappa shape index (κ2) is 6.09. The fraction of sp³-hybridized carbons (Fsp3) is 0.167. The van der Waals surface area contributed by atoms with E-state index in [0.717, 1.165) is 15.5 Å². The molecule has 2 aromatic heterocycles. The van der Waals surface area contributed by atoms with Crippen LogP contribution in [0, 0.1) is 22.7 Å². The van der Waals surface area contributed by atoms with Crippen LogP contribution < -0.4 is 0 Å². The number of hydrogen-bond donors (Lipinski definition) is 1. The average Bonchev–Trinajstić information content (AvgIpc) is 3.29. The normalized spacial score (nSPS) is 17.8. The number of hydrogen-bond acceptors (Lipinski definition) is 5. The van der Waals surface area contributed by atoms with Gasteiger partial charge in [0.05, 0.1) is 15.3 Å². The molecule has 118 valence electrons. The number of nitrogens with zero attached hydrogens (tertiary/aromatic N) is 3. The van der Waals surface area contributed by atoms with Crippen molar-refractivity contribution in [2.24, 2.45) is 0 Å². The van der Waals surface area contributed by atoms with Crippen molar-refractivity contribution in [3.8, 4) is 12.1 Å². The fourth-order valence-corrected chi connectivity index (χ4v) is 4.25. The first-order valence-electron chi connectivity index (χ1n) is 7.21. The van der Waals surface area contributed by atoms with E-state index in [1.807, 2.05) is 67.1 Å². The Kier molecular flexibility index (Phi) is 4.11. The lowest BCUT2D eigenvalue weighted by molar-refractivity contribution is -0.494. The van der Waals surface area contributed by atoms with Crippen molar-refractivity contribution in [3.63, 3.8) is 0 Å². The van der Waals surface area contributed by atoms with Crippen molar-refractivity contribution in [1.29, 1.82) is 10.5 Å². The molecule has 3 rings (SSSR count). The van der Waals surface area contributed by atoms with Crippen molar-refractivity contribution in [3.05, 3.63) is 56.4 Å². The van der Waals surface area contributed by atoms with E-state index in [-0.39, 0.29) is 11.5 Å². The molecular formula is C18H14N3OS2+. The third-order valence-electron chi connectivity index (χ3n) is 3.96. The molecule has 0 radical (unpaired) electrons. The Bertz CT molecular complexity index is 931. The molecule has 2 aromatic rings. The van der Waals surface area contributed by atoms with Gasteiger partial charge in [-0.25, -0.2) is 0 Å². The Morgan fingerprint density at radius 2 is 1.79 bits per heavy atom. The molecule has 24 heavy (non-hydrogen) atoms. The van der Waals surface area contributed by atoms with E-state index in [4.69, 9.17) is 0 Å². The van der Waals surface area contributed by atoms with Crippen LogP contribution in [-0.2, 0) is 0 Å². The van der Waals surface area contributed by atoms with Crippen molar-refractivity contribution in [2.75, 3.05) is 0 Å². The van der Waals surface area contributed by atoms with Gasteiger partial charge in [0.25, 0.3) is 0 Å². The van der Waals surface area contributed by atoms with E-state index in [9.17, 15) is 15.6 Å². The first-order valence-corrected chi connectivity index (χ1v) is 8.97. The summed E-state index contributed by atoms with van der Waals surface area (Å²) in [7, 11) is 0. The molecule has 0 unspecified atom stereocenters. The van der Waals surface area contributed by atoms with Gasteiger partial charge in [-0.3, -0.25) is 0 Å². The van der Waals surface area contributed by atoms with E-state index >= 15 is 0 Å². The van der Waals surface area contributed by atoms with Crippen LogP contribution in [0.3, 0.4) is 0 Å². The second-order valence-corrected chi connectivity index (χ2v) is 7.61. The Morgan fingerprint density at radius 3 is 2.33 bits per heavy atom. The summed E-state index contributed by atoms with van der Waals surface area (Å²) in [6.45, 7) is 3.80. The smallest absolute Gasteiger partial charge is 0.363 e. The third-order valence-corrected chi connectivity index (χ3v) is 5.73. The zero-order valence-electron chi connectivity index (χ0n) is 13.1. The first-order chi connectivity index (χ1) is 11.5. The highest BCUT2D eigenvalue weighted by Gasteiger charge is 2.48. The van der Waals surface area contributed by atoms with Gasteiger partial charge in [-0.05, 0) is 22.9 Å². The summed E-state index contributed by atoms with van der Waals surface area (Å²) < 4.78 is 1.71. The summed E-state index contributed by atoms with van der Waals surface area (Å²) in [5.74, 6) is 0.182. The quantitative estimate of drug-likeness (QED) is 0.643. The summed E-state index contributed by atoms with van der Waals surface area (Å²) in [5.41, 5.74) is 0.741. The molecule has 3 heterocycles. The maximum atomic E-state index is 10.8. The van der Waals surface area contributed by atoms with Gasteiger partial charge in [0.2, 0.25) is 5.70 Å². The molecule has 0 saturated heterocycles. The summed E-state index contributed by atoms with van der Waals surface area (Å²) in [6.07, 6.45) is 1.87. The number of rotatable bonds is 2. The molecule has 0 spiro atoms. The van der Waals surface area contributed by atoms with Crippen molar-refractivity contribution in [2.45, 2.75) is 19.4 Å². The predicted octanol–water partition coefficient (Wildman–Crippen LogP) is 4.41. The number of thiophene rings is 2. The van der Waals surface area contributed by atoms with Gasteiger partial charge < -0.3 is 5.11 Å². The fourth-order valence-electron chi connectivity index (χ4n) is 2.83. The van der Waals surface area contributed by atoms with Crippen LogP contribution in [0.4, 0.5) is 0 Å². The third kappa shape index (κ3) is 2.46. The largest absolute Gasteiger partial charge is 0.506 e. The molecule has 0 atom stereocenters. The van der Waals surface area contributed by atoms with Crippen LogP contribution >= 0.6 is 22.7 Å². The Balaban J connectivity index is 2.32. The molecule has 1 aliphatic heterocycles. The van der Waals surface area contributed by atoms with Crippen LogP contribution in [0.25, 0.3) is 11.5 Å². The van der Waals surface area contributed by atoms with Gasteiger partial charge in [-0.1, -0.05) is 12.1 Å². The van der Waals surface area contributed by atoms with E-state index in [1.54, 1.807) is 4.58 Å². The maximum Gasteiger partial charge on any atom is 0.363 e. The number of aliphatic hydroxyl groups is 1. The lowest BCUT2D eigenvalue weighted by Gasteiger charge is -2.18. The van der Waals surface area contributed by atoms with Gasteiger partial charge in [0.1, 0.15) is 5.76 Å². The summed E-state index contributed by atoms with van der Waals surface area (Å²) >= 11 is 2.98. The minimum absolute atomic E-state index is 0.00799. The highest BCUT2D eigenvalue weighted by Crippen LogP contribution is 2.42. The maximum absolute atomic E-state index is 10.8. The van der Waals surface area contributed by atoms with Crippen molar-refractivity contribution >= 4 is 39.8 Å². The highest BCUT2D eigenvalue weighted by atomic mass is 32.1. The van der Waals surface area contributed by atoms with E-state index in [1.165, 1.54) is 22.7 Å². The standard InChI is InChI=1S/C18H13N3OS2/c1-18(2)13(17(22)16-6-4-8-24-16)9-14(15-5-3-7-23-15)21(18)12(10-19)11-20/h3-9H,1-2H3/p+1/b17-13-. The molecule has 1 N–H and O–H groups in total. The highest BCUT2D eigenvalue weighted by molar-refractivity contribution is 7.11. The summed E-state index contributed by atoms with van der Waals surface area (Å²) in [4.78, 5) is 1.71. The first kappa shape index (κ1) is 16.2. The van der Waals surface area contributed by atoms with E-state index in [0.29, 0.717) is 5.57 Å². The predicted molar refractivity (Wildman–Crippen MR) is 96.7 cm³/mol. The Hall–Kier alpha value is -2.67. The molecule has 0 aliphatic carbocycles. The molecular weight excluding hydrogens is 338 g/mol. The van der Waals surface area contributed by atoms with E-state index < -0.39 is 5.54 Å². The Labute approximate surface area is 148 Å². The average molecular weight is 352 g/mol. The molecule has 6 heteroatoms. The Morgan fingerprint density at radius 1 is 1.12 bits per heavy atom. The molecule has 0 aromatic carbocycles. The van der Waals surface area contributed by atoms with Crippen molar-refractivity contribution < 1.29 is 9.68 Å². The topological polar surface area (TPSA) is 70.8 Å². The molecule has 0 saturated carbocycles. The monoisotopic (exact) mass is 352 g/mol. The number of aliphatic hydroxyl groups excluding tert-OH is 1. The molecule has 1 aliphatic rings. The number of nitriles is 2. The summed E-state index contributed by atoms with van der Waals surface area (Å²) in [6, 6.07) is 11.5. The van der Waals surface area contributed by atoms with Gasteiger partial charge >= 0.3 is 5.71 Å². The molecule has 0 bridgehead atoms. The zero-order chi connectivity index (χ0) is 17.3. The molecule has 4 nitrogen and oxygen atoms in total. The van der Waals surface area contributed by atoms with Gasteiger partial charge in [0, 0.05) is 19.9 Å². The summed E-state index contributed by atoms with van der Waals surface area (Å²) in [5, 5.41) is 33.4. The lowest BCUT2D eigenvalue weighted by atomic mass is 9.94. The van der Waals surface area contributed by atoms with Gasteiger partial charge in [0.15, 0.2) is 17.7 Å². The van der Waals surface area contributed by atoms with Crippen LogP contribution in [-0.4, -0.2) is 20.9 Å². The zero-order valence-corrected chi connectivity index (χ0v) is 14.8. The lowest BCUT2D eigenvalue weighted by Crippen LogP contribution is -2.36. The minimum Gasteiger partial charge on any atom is -0.506 e. The van der Waals surface area contributed by atoms with Crippen LogP contribution in [0.2, 0.25) is 0 Å². The van der Waals surface area contributed by atoms with Crippen LogP contribution in [0.15, 0.2) is 46.7 Å². The SMILES string of the molecule is CC1(C)/C(=C(\O)c2cccs2)C=C(c2cccs2)[N+]1=C(C#N)C#N. The van der Waals surface area contributed by atoms with Crippen molar-refractivity contribution in [1.82, 2.24) is 0 Å². The molecule has 0 fully saturated rings. The second-order valence-electron chi connectivity index (χ2n) is 5.71. The van der Waals surface area contributed by atoms with Crippen LogP contribution in [0.5, 0.6) is 0 Å². The van der Waals surface area contributed by atoms with Gasteiger partial charge in [-0.2, -0.15) is 15.1 Å². The van der Waals surface area contributed by atoms with E-state index in [2.05, 4.69) is 0 Å². The van der Waals surface area contributed by atoms with Gasteiger partial charge in [-0.15, -0.1) is 22.7 Å².